The van der Waals surface area contributed by atoms with Crippen molar-refractivity contribution in [1.29, 1.82) is 0 Å². The molecule has 0 aliphatic carbocycles. The van der Waals surface area contributed by atoms with Crippen molar-refractivity contribution in [2.45, 2.75) is 13.0 Å². The normalized spacial score (nSPS) is 14.8. The lowest BCUT2D eigenvalue weighted by atomic mass is 10.0. The number of fused-ring (bicyclic) bond motifs is 1. The summed E-state index contributed by atoms with van der Waals surface area (Å²) in [5.41, 5.74) is 2.28. The highest BCUT2D eigenvalue weighted by atomic mass is 35.5. The molecule has 0 N–H and O–H groups in total. The molecule has 0 bridgehead atoms. The zero-order chi connectivity index (χ0) is 19.7. The third-order valence-electron chi connectivity index (χ3n) is 4.70. The molecule has 8 heteroatoms. The number of aromatic nitrogens is 2. The first-order valence-electron chi connectivity index (χ1n) is 8.94. The molecule has 0 spiro atoms. The van der Waals surface area contributed by atoms with Gasteiger partial charge in [0.2, 0.25) is 0 Å². The van der Waals surface area contributed by atoms with Crippen LogP contribution in [-0.4, -0.2) is 53.3 Å². The first kappa shape index (κ1) is 18.8. The van der Waals surface area contributed by atoms with Crippen LogP contribution >= 0.6 is 11.6 Å². The number of benzene rings is 2. The second kappa shape index (κ2) is 7.85. The highest BCUT2D eigenvalue weighted by Crippen LogP contribution is 2.31. The van der Waals surface area contributed by atoms with Gasteiger partial charge in [-0.05, 0) is 30.3 Å². The standard InChI is InChI=1S/C20H18ClF2N3O2/c21-15-3-1-2-13(10-15)19-16-11-14(20(27)25-6-8-28-9-7-25)4-5-17(16)26(24-19)12-18(22)23/h1-5,10-11,18H,6-9,12H2. The fourth-order valence-corrected chi connectivity index (χ4v) is 3.57. The van der Waals surface area contributed by atoms with Crippen molar-refractivity contribution in [3.8, 4) is 11.3 Å². The van der Waals surface area contributed by atoms with E-state index in [2.05, 4.69) is 5.10 Å². The molecular formula is C20H18ClF2N3O2. The molecule has 2 heterocycles. The van der Waals surface area contributed by atoms with Gasteiger partial charge in [-0.1, -0.05) is 23.7 Å². The third-order valence-corrected chi connectivity index (χ3v) is 4.94. The van der Waals surface area contributed by atoms with E-state index in [0.717, 1.165) is 0 Å². The molecular weight excluding hydrogens is 388 g/mol. The van der Waals surface area contributed by atoms with Gasteiger partial charge in [0.05, 0.1) is 18.7 Å². The van der Waals surface area contributed by atoms with E-state index >= 15 is 0 Å². The number of amides is 1. The maximum atomic E-state index is 13.0. The minimum absolute atomic E-state index is 0.108. The highest BCUT2D eigenvalue weighted by Gasteiger charge is 2.21. The molecule has 1 fully saturated rings. The largest absolute Gasteiger partial charge is 0.378 e. The molecule has 1 saturated heterocycles. The minimum atomic E-state index is -2.54. The zero-order valence-electron chi connectivity index (χ0n) is 14.9. The van der Waals surface area contributed by atoms with Crippen molar-refractivity contribution in [2.75, 3.05) is 26.3 Å². The molecule has 0 radical (unpaired) electrons. The van der Waals surface area contributed by atoms with Gasteiger partial charge in [-0.25, -0.2) is 8.78 Å². The van der Waals surface area contributed by atoms with Crippen molar-refractivity contribution in [1.82, 2.24) is 14.7 Å². The van der Waals surface area contributed by atoms with E-state index in [4.69, 9.17) is 16.3 Å². The Morgan fingerprint density at radius 3 is 2.68 bits per heavy atom. The molecule has 146 valence electrons. The van der Waals surface area contributed by atoms with Gasteiger partial charge in [0, 0.05) is 34.6 Å². The molecule has 2 aromatic carbocycles. The number of hydrogen-bond donors (Lipinski definition) is 0. The molecule has 0 unspecified atom stereocenters. The Balaban J connectivity index is 1.81. The van der Waals surface area contributed by atoms with Gasteiger partial charge in [0.25, 0.3) is 12.3 Å². The van der Waals surface area contributed by atoms with E-state index < -0.39 is 13.0 Å². The summed E-state index contributed by atoms with van der Waals surface area (Å²) in [5, 5.41) is 5.55. The van der Waals surface area contributed by atoms with Gasteiger partial charge in [0.15, 0.2) is 0 Å². The van der Waals surface area contributed by atoms with E-state index in [0.29, 0.717) is 59.0 Å². The van der Waals surface area contributed by atoms with Gasteiger partial charge in [-0.2, -0.15) is 5.10 Å². The Kier molecular flexibility index (Phi) is 5.28. The lowest BCUT2D eigenvalue weighted by Gasteiger charge is -2.26. The number of hydrogen-bond acceptors (Lipinski definition) is 3. The van der Waals surface area contributed by atoms with Crippen LogP contribution in [0.25, 0.3) is 22.2 Å². The van der Waals surface area contributed by atoms with Gasteiger partial charge < -0.3 is 9.64 Å². The van der Waals surface area contributed by atoms with Crippen LogP contribution in [0.4, 0.5) is 8.78 Å². The summed E-state index contributed by atoms with van der Waals surface area (Å²) in [5.74, 6) is -0.108. The quantitative estimate of drug-likeness (QED) is 0.656. The smallest absolute Gasteiger partial charge is 0.257 e. The third kappa shape index (κ3) is 3.72. The maximum absolute atomic E-state index is 13.0. The van der Waals surface area contributed by atoms with Gasteiger partial charge >= 0.3 is 0 Å². The number of rotatable bonds is 4. The molecule has 1 amide bonds. The summed E-state index contributed by atoms with van der Waals surface area (Å²) in [4.78, 5) is 14.6. The summed E-state index contributed by atoms with van der Waals surface area (Å²) in [7, 11) is 0. The van der Waals surface area contributed by atoms with E-state index in [1.165, 1.54) is 4.68 Å². The van der Waals surface area contributed by atoms with Crippen LogP contribution in [-0.2, 0) is 11.3 Å². The second-order valence-electron chi connectivity index (χ2n) is 6.57. The van der Waals surface area contributed by atoms with E-state index in [1.807, 2.05) is 6.07 Å². The fourth-order valence-electron chi connectivity index (χ4n) is 3.38. The van der Waals surface area contributed by atoms with Gasteiger partial charge in [-0.15, -0.1) is 0 Å². The van der Waals surface area contributed by atoms with Crippen LogP contribution in [0.3, 0.4) is 0 Å². The first-order chi connectivity index (χ1) is 13.5. The molecule has 1 aliphatic heterocycles. The zero-order valence-corrected chi connectivity index (χ0v) is 15.7. The number of carbonyl (C=O) groups is 1. The average Bonchev–Trinajstić information content (AvgIpc) is 3.05. The van der Waals surface area contributed by atoms with Crippen molar-refractivity contribution in [3.05, 3.63) is 53.1 Å². The lowest BCUT2D eigenvalue weighted by molar-refractivity contribution is 0.0303. The number of halogens is 3. The van der Waals surface area contributed by atoms with Gasteiger partial charge in [0.1, 0.15) is 12.2 Å². The predicted octanol–water partition coefficient (Wildman–Crippen LogP) is 4.09. The summed E-state index contributed by atoms with van der Waals surface area (Å²) in [6, 6.07) is 12.1. The Morgan fingerprint density at radius 2 is 1.96 bits per heavy atom. The number of alkyl halides is 2. The van der Waals surface area contributed by atoms with Crippen molar-refractivity contribution in [3.63, 3.8) is 0 Å². The maximum Gasteiger partial charge on any atom is 0.257 e. The Hall–Kier alpha value is -2.51. The van der Waals surface area contributed by atoms with Crippen LogP contribution in [0.5, 0.6) is 0 Å². The van der Waals surface area contributed by atoms with Crippen LogP contribution in [0.2, 0.25) is 5.02 Å². The number of morpholine rings is 1. The molecule has 0 saturated carbocycles. The summed E-state index contributed by atoms with van der Waals surface area (Å²) in [6.07, 6.45) is -2.54. The second-order valence-corrected chi connectivity index (χ2v) is 7.01. The number of ether oxygens (including phenoxy) is 1. The SMILES string of the molecule is O=C(c1ccc2c(c1)c(-c1cccc(Cl)c1)nn2CC(F)F)N1CCOCC1. The Bertz CT molecular complexity index is 1020. The lowest BCUT2D eigenvalue weighted by Crippen LogP contribution is -2.40. The van der Waals surface area contributed by atoms with E-state index in [1.54, 1.807) is 41.3 Å². The monoisotopic (exact) mass is 405 g/mol. The summed E-state index contributed by atoms with van der Waals surface area (Å²) in [6.45, 7) is 1.56. The molecule has 5 nitrogen and oxygen atoms in total. The molecule has 1 aromatic heterocycles. The average molecular weight is 406 g/mol. The van der Waals surface area contributed by atoms with Crippen LogP contribution in [0.1, 0.15) is 10.4 Å². The summed E-state index contributed by atoms with van der Waals surface area (Å²) >= 11 is 6.09. The first-order valence-corrected chi connectivity index (χ1v) is 9.32. The number of nitrogens with zero attached hydrogens (tertiary/aromatic N) is 3. The summed E-state index contributed by atoms with van der Waals surface area (Å²) < 4.78 is 32.6. The molecule has 4 rings (SSSR count). The van der Waals surface area contributed by atoms with Crippen molar-refractivity contribution in [2.24, 2.45) is 0 Å². The van der Waals surface area contributed by atoms with Gasteiger partial charge in [-0.3, -0.25) is 9.48 Å². The minimum Gasteiger partial charge on any atom is -0.378 e. The highest BCUT2D eigenvalue weighted by molar-refractivity contribution is 6.30. The Labute approximate surface area is 165 Å². The molecule has 3 aromatic rings. The van der Waals surface area contributed by atoms with Crippen LogP contribution in [0.15, 0.2) is 42.5 Å². The van der Waals surface area contributed by atoms with Crippen molar-refractivity contribution >= 4 is 28.4 Å². The molecule has 0 atom stereocenters. The molecule has 28 heavy (non-hydrogen) atoms. The van der Waals surface area contributed by atoms with Crippen LogP contribution < -0.4 is 0 Å². The van der Waals surface area contributed by atoms with E-state index in [9.17, 15) is 13.6 Å². The number of carbonyl (C=O) groups excluding carboxylic acids is 1. The fraction of sp³-hybridized carbons (Fsp3) is 0.300. The molecule has 1 aliphatic rings. The topological polar surface area (TPSA) is 47.4 Å². The van der Waals surface area contributed by atoms with Crippen molar-refractivity contribution < 1.29 is 18.3 Å². The Morgan fingerprint density at radius 1 is 1.18 bits per heavy atom. The van der Waals surface area contributed by atoms with E-state index in [-0.39, 0.29) is 5.91 Å². The predicted molar refractivity (Wildman–Crippen MR) is 103 cm³/mol. The van der Waals surface area contributed by atoms with Crippen LogP contribution in [0, 0.1) is 0 Å².